The van der Waals surface area contributed by atoms with Crippen LogP contribution in [-0.2, 0) is 4.79 Å². The van der Waals surface area contributed by atoms with Crippen LogP contribution in [-0.4, -0.2) is 53.8 Å². The minimum Gasteiger partial charge on any atom is -0.489 e. The number of hydrogen-bond acceptors (Lipinski definition) is 5. The Kier molecular flexibility index (Phi) is 10.7. The van der Waals surface area contributed by atoms with Crippen molar-refractivity contribution < 1.29 is 32.6 Å². The Hall–Kier alpha value is -2.30. The summed E-state index contributed by atoms with van der Waals surface area (Å²) in [5, 5.41) is 14.2. The van der Waals surface area contributed by atoms with Crippen LogP contribution in [0.2, 0.25) is 5.02 Å². The van der Waals surface area contributed by atoms with E-state index >= 15 is 0 Å². The van der Waals surface area contributed by atoms with Crippen LogP contribution < -0.4 is 10.1 Å². The minimum absolute atomic E-state index is 0.130. The lowest BCUT2D eigenvalue weighted by molar-refractivity contribution is -0.192. The molecule has 1 aliphatic heterocycles. The zero-order valence-electron chi connectivity index (χ0n) is 18.9. The molecular weight excluding hydrogens is 493 g/mol. The number of carbonyl (C=O) groups is 2. The molecule has 1 aliphatic rings. The summed E-state index contributed by atoms with van der Waals surface area (Å²) in [6.07, 6.45) is -1.60. The minimum atomic E-state index is -5.08. The van der Waals surface area contributed by atoms with Crippen LogP contribution >= 0.6 is 22.9 Å². The molecule has 2 heterocycles. The van der Waals surface area contributed by atoms with Crippen molar-refractivity contribution in [3.63, 3.8) is 0 Å². The SMILES string of the molecule is CC(C)CCN1CCC(Oc2ccc(NC(=O)c3ccsc3)cc2Cl)CC1.O=C(O)C(F)(F)F. The molecule has 0 spiro atoms. The highest BCUT2D eigenvalue weighted by Crippen LogP contribution is 2.30. The van der Waals surface area contributed by atoms with E-state index in [1.807, 2.05) is 22.9 Å². The summed E-state index contributed by atoms with van der Waals surface area (Å²) in [7, 11) is 0. The van der Waals surface area contributed by atoms with Crippen LogP contribution in [0.3, 0.4) is 0 Å². The van der Waals surface area contributed by atoms with E-state index in [2.05, 4.69) is 24.1 Å². The summed E-state index contributed by atoms with van der Waals surface area (Å²) in [5.74, 6) is -1.45. The predicted octanol–water partition coefficient (Wildman–Crippen LogP) is 6.18. The van der Waals surface area contributed by atoms with E-state index in [0.29, 0.717) is 22.0 Å². The number of alkyl halides is 3. The Morgan fingerprint density at radius 1 is 1.26 bits per heavy atom. The summed E-state index contributed by atoms with van der Waals surface area (Å²) >= 11 is 7.88. The number of ether oxygens (including phenoxy) is 1. The summed E-state index contributed by atoms with van der Waals surface area (Å²) < 4.78 is 37.9. The third-order valence-electron chi connectivity index (χ3n) is 5.07. The quantitative estimate of drug-likeness (QED) is 0.456. The molecule has 188 valence electrons. The molecule has 1 fully saturated rings. The zero-order chi connectivity index (χ0) is 25.3. The van der Waals surface area contributed by atoms with Gasteiger partial charge in [0.25, 0.3) is 5.91 Å². The number of halogens is 4. The third kappa shape index (κ3) is 9.52. The van der Waals surface area contributed by atoms with Crippen molar-refractivity contribution in [1.82, 2.24) is 4.90 Å². The average molecular weight is 521 g/mol. The number of carbonyl (C=O) groups excluding carboxylic acids is 1. The summed E-state index contributed by atoms with van der Waals surface area (Å²) in [6.45, 7) is 7.85. The number of nitrogens with zero attached hydrogens (tertiary/aromatic N) is 1. The van der Waals surface area contributed by atoms with Crippen LogP contribution in [0.15, 0.2) is 35.0 Å². The van der Waals surface area contributed by atoms with Gasteiger partial charge in [-0.1, -0.05) is 25.4 Å². The maximum absolute atomic E-state index is 12.1. The lowest BCUT2D eigenvalue weighted by Gasteiger charge is -2.32. The van der Waals surface area contributed by atoms with E-state index in [9.17, 15) is 18.0 Å². The van der Waals surface area contributed by atoms with E-state index in [1.54, 1.807) is 12.1 Å². The van der Waals surface area contributed by atoms with Crippen molar-refractivity contribution >= 4 is 40.5 Å². The molecule has 3 rings (SSSR count). The first-order chi connectivity index (χ1) is 16.0. The molecule has 2 N–H and O–H groups in total. The van der Waals surface area contributed by atoms with Crippen molar-refractivity contribution in [3.05, 3.63) is 45.6 Å². The number of thiophene rings is 1. The first kappa shape index (κ1) is 27.9. The van der Waals surface area contributed by atoms with Crippen LogP contribution in [0.5, 0.6) is 5.75 Å². The van der Waals surface area contributed by atoms with Crippen molar-refractivity contribution in [2.24, 2.45) is 5.92 Å². The first-order valence-electron chi connectivity index (χ1n) is 10.8. The van der Waals surface area contributed by atoms with Gasteiger partial charge in [0.15, 0.2) is 0 Å². The second kappa shape index (κ2) is 13.0. The van der Waals surface area contributed by atoms with Crippen LogP contribution in [0, 0.1) is 5.92 Å². The number of carboxylic acids is 1. The zero-order valence-corrected chi connectivity index (χ0v) is 20.5. The number of anilines is 1. The number of hydrogen-bond donors (Lipinski definition) is 2. The molecule has 0 radical (unpaired) electrons. The van der Waals surface area contributed by atoms with Gasteiger partial charge in [-0.25, -0.2) is 4.79 Å². The van der Waals surface area contributed by atoms with Gasteiger partial charge in [-0.2, -0.15) is 24.5 Å². The van der Waals surface area contributed by atoms with Gasteiger partial charge in [0.2, 0.25) is 0 Å². The number of amides is 1. The average Bonchev–Trinajstić information content (AvgIpc) is 3.30. The van der Waals surface area contributed by atoms with E-state index in [0.717, 1.165) is 31.8 Å². The van der Waals surface area contributed by atoms with Gasteiger partial charge in [-0.15, -0.1) is 0 Å². The lowest BCUT2D eigenvalue weighted by atomic mass is 10.1. The molecule has 1 aromatic carbocycles. The fourth-order valence-electron chi connectivity index (χ4n) is 3.14. The second-order valence-electron chi connectivity index (χ2n) is 8.26. The molecule has 1 aromatic heterocycles. The topological polar surface area (TPSA) is 78.9 Å². The Morgan fingerprint density at radius 3 is 2.41 bits per heavy atom. The Morgan fingerprint density at radius 2 is 1.91 bits per heavy atom. The Bertz CT molecular complexity index is 931. The van der Waals surface area contributed by atoms with Crippen LogP contribution in [0.1, 0.15) is 43.5 Å². The molecule has 6 nitrogen and oxygen atoms in total. The number of carboxylic acid groups (broad SMARTS) is 1. The van der Waals surface area contributed by atoms with Crippen LogP contribution in [0.4, 0.5) is 18.9 Å². The molecule has 1 amide bonds. The number of nitrogens with one attached hydrogen (secondary N) is 1. The lowest BCUT2D eigenvalue weighted by Crippen LogP contribution is -2.39. The number of piperidine rings is 1. The van der Waals surface area contributed by atoms with Gasteiger partial charge in [0.1, 0.15) is 11.9 Å². The fourth-order valence-corrected chi connectivity index (χ4v) is 4.00. The Labute approximate surface area is 205 Å². The largest absolute Gasteiger partial charge is 0.490 e. The molecule has 11 heteroatoms. The van der Waals surface area contributed by atoms with Crippen molar-refractivity contribution in [2.75, 3.05) is 25.0 Å². The summed E-state index contributed by atoms with van der Waals surface area (Å²) in [4.78, 5) is 23.5. The molecule has 2 aromatic rings. The number of benzene rings is 1. The highest BCUT2D eigenvalue weighted by molar-refractivity contribution is 7.08. The molecular formula is C23H28ClF3N2O4S. The molecule has 34 heavy (non-hydrogen) atoms. The fraction of sp³-hybridized carbons (Fsp3) is 0.478. The predicted molar refractivity (Wildman–Crippen MR) is 127 cm³/mol. The van der Waals surface area contributed by atoms with Crippen molar-refractivity contribution in [2.45, 2.75) is 45.4 Å². The van der Waals surface area contributed by atoms with Gasteiger partial charge in [-0.3, -0.25) is 4.79 Å². The van der Waals surface area contributed by atoms with Crippen molar-refractivity contribution in [1.29, 1.82) is 0 Å². The molecule has 0 unspecified atom stereocenters. The third-order valence-corrected chi connectivity index (χ3v) is 6.05. The maximum Gasteiger partial charge on any atom is 0.490 e. The number of rotatable bonds is 7. The molecule has 0 aliphatic carbocycles. The van der Waals surface area contributed by atoms with Gasteiger partial charge < -0.3 is 20.1 Å². The number of aliphatic carboxylic acids is 1. The van der Waals surface area contributed by atoms with Crippen LogP contribution in [0.25, 0.3) is 0 Å². The van der Waals surface area contributed by atoms with Gasteiger partial charge in [0.05, 0.1) is 10.6 Å². The van der Waals surface area contributed by atoms with Crippen molar-refractivity contribution in [3.8, 4) is 5.75 Å². The highest BCUT2D eigenvalue weighted by Gasteiger charge is 2.38. The first-order valence-corrected chi connectivity index (χ1v) is 12.1. The molecule has 0 saturated carbocycles. The van der Waals surface area contributed by atoms with Gasteiger partial charge in [0, 0.05) is 24.2 Å². The van der Waals surface area contributed by atoms with E-state index in [-0.39, 0.29) is 12.0 Å². The summed E-state index contributed by atoms with van der Waals surface area (Å²) in [5.41, 5.74) is 1.33. The maximum atomic E-state index is 12.1. The highest BCUT2D eigenvalue weighted by atomic mass is 35.5. The molecule has 1 saturated heterocycles. The Balaban J connectivity index is 0.000000509. The monoisotopic (exact) mass is 520 g/mol. The van der Waals surface area contributed by atoms with E-state index < -0.39 is 12.1 Å². The standard InChI is InChI=1S/C21H27ClN2O2S.C2HF3O2/c1-15(2)5-9-24-10-6-18(7-11-24)26-20-4-3-17(13-19(20)22)23-21(25)16-8-12-27-14-16;3-2(4,5)1(6)7/h3-4,8,12-15,18H,5-7,9-11H2,1-2H3,(H,23,25);(H,6,7). The normalized spacial score (nSPS) is 14.9. The smallest absolute Gasteiger partial charge is 0.489 e. The van der Waals surface area contributed by atoms with E-state index in [4.69, 9.17) is 26.2 Å². The molecule has 0 bridgehead atoms. The van der Waals surface area contributed by atoms with Gasteiger partial charge in [-0.05, 0) is 61.4 Å². The number of likely N-dealkylation sites (tertiary alicyclic amines) is 1. The van der Waals surface area contributed by atoms with Gasteiger partial charge >= 0.3 is 12.1 Å². The molecule has 0 atom stereocenters. The second-order valence-corrected chi connectivity index (χ2v) is 9.44. The van der Waals surface area contributed by atoms with E-state index in [1.165, 1.54) is 24.3 Å². The summed E-state index contributed by atoms with van der Waals surface area (Å²) in [6, 6.07) is 7.23.